The third-order valence-corrected chi connectivity index (χ3v) is 5.57. The topological polar surface area (TPSA) is 75.5 Å². The molecule has 1 unspecified atom stereocenters. The van der Waals surface area contributed by atoms with E-state index in [1.807, 2.05) is 19.2 Å². The van der Waals surface area contributed by atoms with E-state index in [1.54, 1.807) is 10.6 Å². The molecule has 0 aromatic carbocycles. The Bertz CT molecular complexity index is 690. The molecule has 0 aliphatic carbocycles. The lowest BCUT2D eigenvalue weighted by atomic mass is 10.1. The van der Waals surface area contributed by atoms with Crippen molar-refractivity contribution >= 4 is 32.1 Å². The highest BCUT2D eigenvalue weighted by Gasteiger charge is 2.27. The lowest BCUT2D eigenvalue weighted by Gasteiger charge is -2.16. The zero-order chi connectivity index (χ0) is 15.5. The van der Waals surface area contributed by atoms with Crippen molar-refractivity contribution in [1.29, 1.82) is 0 Å². The van der Waals surface area contributed by atoms with E-state index in [0.29, 0.717) is 17.3 Å². The number of hydrogen-bond donors (Lipinski definition) is 2. The van der Waals surface area contributed by atoms with Gasteiger partial charge in [0.15, 0.2) is 15.8 Å². The molecule has 0 bridgehead atoms. The summed E-state index contributed by atoms with van der Waals surface area (Å²) in [6.45, 7) is 6.59. The van der Waals surface area contributed by atoms with Gasteiger partial charge in [0.1, 0.15) is 0 Å². The fraction of sp³-hybridized carbons (Fsp3) is 0.615. The van der Waals surface area contributed by atoms with Crippen LogP contribution in [-0.4, -0.2) is 30.4 Å². The zero-order valence-corrected chi connectivity index (χ0v) is 14.2. The molecule has 1 atom stereocenters. The number of hydrogen-bond acceptors (Lipinski definition) is 5. The third kappa shape index (κ3) is 3.38. The van der Waals surface area contributed by atoms with Gasteiger partial charge in [-0.1, -0.05) is 20.3 Å². The van der Waals surface area contributed by atoms with Gasteiger partial charge < -0.3 is 5.32 Å². The van der Waals surface area contributed by atoms with E-state index in [-0.39, 0.29) is 11.1 Å². The fourth-order valence-electron chi connectivity index (χ4n) is 2.27. The molecule has 0 amide bonds. The largest absolute Gasteiger partial charge is 0.368 e. The van der Waals surface area contributed by atoms with Gasteiger partial charge in [-0.2, -0.15) is 0 Å². The molecule has 2 aromatic heterocycles. The molecule has 0 saturated carbocycles. The smallest absolute Gasteiger partial charge is 0.260 e. The number of sulfonamides is 1. The van der Waals surface area contributed by atoms with Crippen LogP contribution in [0.3, 0.4) is 0 Å². The van der Waals surface area contributed by atoms with Crippen LogP contribution in [0.1, 0.15) is 40.0 Å². The van der Waals surface area contributed by atoms with Crippen LogP contribution >= 0.6 is 11.3 Å². The summed E-state index contributed by atoms with van der Waals surface area (Å²) in [5.41, 5.74) is 0. The summed E-state index contributed by atoms with van der Waals surface area (Å²) in [6, 6.07) is -0.0429. The second-order valence-corrected chi connectivity index (χ2v) is 7.37. The Balaban J connectivity index is 2.42. The van der Waals surface area contributed by atoms with Gasteiger partial charge in [0.05, 0.1) is 0 Å². The van der Waals surface area contributed by atoms with E-state index in [2.05, 4.69) is 21.9 Å². The molecule has 2 rings (SSSR count). The van der Waals surface area contributed by atoms with Crippen LogP contribution in [0.5, 0.6) is 0 Å². The molecule has 0 aliphatic rings. The Hall–Kier alpha value is -1.12. The molecule has 118 valence electrons. The summed E-state index contributed by atoms with van der Waals surface area (Å²) in [7, 11) is -3.61. The highest BCUT2D eigenvalue weighted by molar-refractivity contribution is 7.89. The quantitative estimate of drug-likeness (QED) is 0.780. The van der Waals surface area contributed by atoms with Gasteiger partial charge in [-0.05, 0) is 19.8 Å². The maximum absolute atomic E-state index is 12.7. The Labute approximate surface area is 129 Å². The predicted molar refractivity (Wildman–Crippen MR) is 86.5 cm³/mol. The summed E-state index contributed by atoms with van der Waals surface area (Å²) in [5.74, 6) is 0.420. The SMILES string of the molecule is CCCC(CC)NS(=O)(=O)c1c(NCC)nc2sccn12. The summed E-state index contributed by atoms with van der Waals surface area (Å²) >= 11 is 1.42. The van der Waals surface area contributed by atoms with Gasteiger partial charge >= 0.3 is 0 Å². The molecule has 0 radical (unpaired) electrons. The number of nitrogens with one attached hydrogen (secondary N) is 2. The first-order valence-corrected chi connectivity index (χ1v) is 9.61. The van der Waals surface area contributed by atoms with Crippen molar-refractivity contribution in [3.05, 3.63) is 11.6 Å². The monoisotopic (exact) mass is 330 g/mol. The minimum Gasteiger partial charge on any atom is -0.368 e. The normalized spacial score (nSPS) is 13.7. The summed E-state index contributed by atoms with van der Waals surface area (Å²) in [5, 5.41) is 5.07. The van der Waals surface area contributed by atoms with Crippen molar-refractivity contribution < 1.29 is 8.42 Å². The molecule has 2 aromatic rings. The number of nitrogens with zero attached hydrogens (tertiary/aromatic N) is 2. The van der Waals surface area contributed by atoms with Crippen LogP contribution in [0.2, 0.25) is 0 Å². The number of fused-ring (bicyclic) bond motifs is 1. The molecular formula is C13H22N4O2S2. The third-order valence-electron chi connectivity index (χ3n) is 3.27. The van der Waals surface area contributed by atoms with E-state index in [1.165, 1.54) is 11.3 Å². The molecule has 8 heteroatoms. The Kier molecular flexibility index (Phi) is 5.23. The van der Waals surface area contributed by atoms with E-state index in [9.17, 15) is 8.42 Å². The molecular weight excluding hydrogens is 308 g/mol. The number of aromatic nitrogens is 2. The van der Waals surface area contributed by atoms with Gasteiger partial charge in [-0.25, -0.2) is 18.1 Å². The van der Waals surface area contributed by atoms with Gasteiger partial charge in [0, 0.05) is 24.2 Å². The van der Waals surface area contributed by atoms with Gasteiger partial charge in [0.2, 0.25) is 0 Å². The summed E-state index contributed by atoms with van der Waals surface area (Å²) in [4.78, 5) is 5.03. The first-order chi connectivity index (χ1) is 10.0. The lowest BCUT2D eigenvalue weighted by molar-refractivity contribution is 0.510. The van der Waals surface area contributed by atoms with Gasteiger partial charge in [-0.15, -0.1) is 11.3 Å². The molecule has 2 N–H and O–H groups in total. The van der Waals surface area contributed by atoms with Gasteiger partial charge in [-0.3, -0.25) is 4.40 Å². The molecule has 6 nitrogen and oxygen atoms in total. The number of imidazole rings is 1. The summed E-state index contributed by atoms with van der Waals surface area (Å²) < 4.78 is 29.9. The Morgan fingerprint density at radius 3 is 2.76 bits per heavy atom. The van der Waals surface area contributed by atoms with E-state index >= 15 is 0 Å². The number of thiazole rings is 1. The molecule has 21 heavy (non-hydrogen) atoms. The molecule has 2 heterocycles. The minimum atomic E-state index is -3.61. The van der Waals surface area contributed by atoms with Crippen LogP contribution < -0.4 is 10.0 Å². The minimum absolute atomic E-state index is 0.0429. The van der Waals surface area contributed by atoms with Crippen molar-refractivity contribution in [1.82, 2.24) is 14.1 Å². The second kappa shape index (κ2) is 6.76. The average molecular weight is 330 g/mol. The van der Waals surface area contributed by atoms with Crippen molar-refractivity contribution in [2.45, 2.75) is 51.1 Å². The maximum Gasteiger partial charge on any atom is 0.260 e. The van der Waals surface area contributed by atoms with Crippen molar-refractivity contribution in [2.75, 3.05) is 11.9 Å². The standard InChI is InChI=1S/C13H22N4O2S2/c1-4-7-10(5-2)16-21(18,19)12-11(14-6-3)15-13-17(12)8-9-20-13/h8-10,14,16H,4-7H2,1-3H3. The molecule has 0 spiro atoms. The van der Waals surface area contributed by atoms with Crippen molar-refractivity contribution in [3.63, 3.8) is 0 Å². The van der Waals surface area contributed by atoms with Crippen LogP contribution in [0.15, 0.2) is 16.6 Å². The average Bonchev–Trinajstić information content (AvgIpc) is 2.98. The first kappa shape index (κ1) is 16.3. The molecule has 0 saturated heterocycles. The first-order valence-electron chi connectivity index (χ1n) is 7.25. The Morgan fingerprint density at radius 1 is 1.38 bits per heavy atom. The van der Waals surface area contributed by atoms with Gasteiger partial charge in [0.25, 0.3) is 10.0 Å². The second-order valence-electron chi connectivity index (χ2n) is 4.87. The Morgan fingerprint density at radius 2 is 2.14 bits per heavy atom. The van der Waals surface area contributed by atoms with Crippen LogP contribution in [-0.2, 0) is 10.0 Å². The van der Waals surface area contributed by atoms with Crippen molar-refractivity contribution in [3.8, 4) is 0 Å². The number of anilines is 1. The maximum atomic E-state index is 12.7. The van der Waals surface area contributed by atoms with Crippen molar-refractivity contribution in [2.24, 2.45) is 0 Å². The molecule has 0 fully saturated rings. The predicted octanol–water partition coefficient (Wildman–Crippen LogP) is 2.68. The van der Waals surface area contributed by atoms with Crippen LogP contribution in [0.4, 0.5) is 5.82 Å². The highest BCUT2D eigenvalue weighted by atomic mass is 32.2. The van der Waals surface area contributed by atoms with E-state index in [4.69, 9.17) is 0 Å². The lowest BCUT2D eigenvalue weighted by Crippen LogP contribution is -2.35. The zero-order valence-electron chi connectivity index (χ0n) is 12.6. The summed E-state index contributed by atoms with van der Waals surface area (Å²) in [6.07, 6.45) is 4.29. The number of rotatable bonds is 8. The molecule has 0 aliphatic heterocycles. The van der Waals surface area contributed by atoms with E-state index in [0.717, 1.165) is 19.3 Å². The van der Waals surface area contributed by atoms with Crippen LogP contribution in [0, 0.1) is 0 Å². The van der Waals surface area contributed by atoms with E-state index < -0.39 is 10.0 Å². The fourth-order valence-corrected chi connectivity index (χ4v) is 4.66. The highest BCUT2D eigenvalue weighted by Crippen LogP contribution is 2.26. The van der Waals surface area contributed by atoms with Crippen LogP contribution in [0.25, 0.3) is 4.96 Å².